The summed E-state index contributed by atoms with van der Waals surface area (Å²) < 4.78 is 14.0. The molecule has 2 aromatic carbocycles. The van der Waals surface area contributed by atoms with Gasteiger partial charge in [0.15, 0.2) is 5.82 Å². The second-order valence-electron chi connectivity index (χ2n) is 7.38. The van der Waals surface area contributed by atoms with Crippen molar-refractivity contribution in [2.45, 2.75) is 13.1 Å². The van der Waals surface area contributed by atoms with E-state index >= 15 is 0 Å². The van der Waals surface area contributed by atoms with Crippen LogP contribution in [0.3, 0.4) is 0 Å². The number of aromatic nitrogens is 4. The minimum absolute atomic E-state index is 0.218. The van der Waals surface area contributed by atoms with Crippen LogP contribution >= 0.6 is 0 Å². The third-order valence-electron chi connectivity index (χ3n) is 5.43. The number of nitrogens with zero attached hydrogens (tertiary/aromatic N) is 4. The van der Waals surface area contributed by atoms with Crippen LogP contribution in [0.15, 0.2) is 64.6 Å². The van der Waals surface area contributed by atoms with E-state index in [1.807, 2.05) is 53.1 Å². The van der Waals surface area contributed by atoms with Crippen LogP contribution in [0, 0.1) is 0 Å². The molecule has 0 saturated heterocycles. The lowest BCUT2D eigenvalue weighted by molar-refractivity contribution is 0.414. The lowest BCUT2D eigenvalue weighted by atomic mass is 10.2. The average Bonchev–Trinajstić information content (AvgIpc) is 3.29. The minimum Gasteiger partial charge on any atom is -0.497 e. The van der Waals surface area contributed by atoms with Crippen molar-refractivity contribution in [3.05, 3.63) is 76.5 Å². The van der Waals surface area contributed by atoms with Gasteiger partial charge in [-0.15, -0.1) is 0 Å². The van der Waals surface area contributed by atoms with Crippen LogP contribution in [0.2, 0.25) is 0 Å². The first-order chi connectivity index (χ1) is 15.7. The summed E-state index contributed by atoms with van der Waals surface area (Å²) in [5.41, 5.74) is 3.08. The molecule has 1 aliphatic rings. The molecule has 0 radical (unpaired) electrons. The fourth-order valence-corrected chi connectivity index (χ4v) is 3.74. The Morgan fingerprint density at radius 2 is 1.53 bits per heavy atom. The molecule has 0 fully saturated rings. The number of nitrogens with one attached hydrogen (secondary N) is 2. The molecule has 0 aliphatic carbocycles. The molecule has 9 heteroatoms. The summed E-state index contributed by atoms with van der Waals surface area (Å²) in [6, 6.07) is 15.5. The first-order valence-corrected chi connectivity index (χ1v) is 10.1. The molecule has 1 aliphatic heterocycles. The SMILES string of the molecule is COc1ccc(Cn2cnc3c2N=CNc2c-3[nH]c(=O)n2Cc2ccc(OC)cc2)cc1. The fourth-order valence-electron chi connectivity index (χ4n) is 3.74. The van der Waals surface area contributed by atoms with E-state index in [0.29, 0.717) is 36.1 Å². The number of ether oxygens (including phenoxy) is 2. The lowest BCUT2D eigenvalue weighted by Crippen LogP contribution is -2.19. The van der Waals surface area contributed by atoms with Gasteiger partial charge in [-0.3, -0.25) is 4.57 Å². The number of benzene rings is 2. The highest BCUT2D eigenvalue weighted by molar-refractivity contribution is 5.90. The second kappa shape index (κ2) is 8.10. The fraction of sp³-hybridized carbons (Fsp3) is 0.174. The first-order valence-electron chi connectivity index (χ1n) is 10.1. The number of H-pyrrole nitrogens is 1. The number of rotatable bonds is 6. The molecule has 0 unspecified atom stereocenters. The van der Waals surface area contributed by atoms with Crippen LogP contribution in [0.1, 0.15) is 11.1 Å². The smallest absolute Gasteiger partial charge is 0.327 e. The predicted octanol–water partition coefficient (Wildman–Crippen LogP) is 3.24. The predicted molar refractivity (Wildman–Crippen MR) is 122 cm³/mol. The van der Waals surface area contributed by atoms with Gasteiger partial charge in [0.25, 0.3) is 0 Å². The molecular formula is C23H22N6O3. The van der Waals surface area contributed by atoms with Gasteiger partial charge in [0, 0.05) is 0 Å². The van der Waals surface area contributed by atoms with Crippen LogP contribution in [-0.4, -0.2) is 39.7 Å². The molecule has 5 rings (SSSR count). The highest BCUT2D eigenvalue weighted by Gasteiger charge is 2.23. The zero-order chi connectivity index (χ0) is 22.1. The van der Waals surface area contributed by atoms with Gasteiger partial charge in [0.2, 0.25) is 0 Å². The lowest BCUT2D eigenvalue weighted by Gasteiger charge is -2.08. The molecule has 0 bridgehead atoms. The van der Waals surface area contributed by atoms with Crippen molar-refractivity contribution >= 4 is 18.0 Å². The van der Waals surface area contributed by atoms with E-state index in [2.05, 4.69) is 20.3 Å². The van der Waals surface area contributed by atoms with Crippen molar-refractivity contribution < 1.29 is 9.47 Å². The number of fused-ring (bicyclic) bond motifs is 3. The van der Waals surface area contributed by atoms with E-state index in [1.54, 1.807) is 31.5 Å². The van der Waals surface area contributed by atoms with Gasteiger partial charge < -0.3 is 24.3 Å². The maximum Gasteiger partial charge on any atom is 0.327 e. The Kier molecular flexibility index (Phi) is 4.98. The number of aromatic amines is 1. The molecule has 0 amide bonds. The Hall–Kier alpha value is -4.27. The number of hydrogen-bond acceptors (Lipinski definition) is 6. The first kappa shape index (κ1) is 19.7. The van der Waals surface area contributed by atoms with Crippen LogP contribution in [0.5, 0.6) is 11.5 Å². The molecule has 0 spiro atoms. The summed E-state index contributed by atoms with van der Waals surface area (Å²) in [6.45, 7) is 0.993. The quantitative estimate of drug-likeness (QED) is 0.489. The van der Waals surface area contributed by atoms with Crippen molar-refractivity contribution in [1.82, 2.24) is 19.1 Å². The molecule has 2 aromatic heterocycles. The largest absolute Gasteiger partial charge is 0.497 e. The summed E-state index contributed by atoms with van der Waals surface area (Å²) >= 11 is 0. The van der Waals surface area contributed by atoms with Crippen molar-refractivity contribution in [3.8, 4) is 22.9 Å². The zero-order valence-corrected chi connectivity index (χ0v) is 17.7. The topological polar surface area (TPSA) is 98.5 Å². The Morgan fingerprint density at radius 1 is 0.906 bits per heavy atom. The van der Waals surface area contributed by atoms with Gasteiger partial charge >= 0.3 is 5.69 Å². The van der Waals surface area contributed by atoms with Gasteiger partial charge in [0.1, 0.15) is 28.7 Å². The molecule has 9 nitrogen and oxygen atoms in total. The molecular weight excluding hydrogens is 408 g/mol. The van der Waals surface area contributed by atoms with Crippen LogP contribution in [0.4, 0.5) is 11.6 Å². The Bertz CT molecular complexity index is 1330. The van der Waals surface area contributed by atoms with E-state index in [0.717, 1.165) is 22.6 Å². The zero-order valence-electron chi connectivity index (χ0n) is 17.7. The van der Waals surface area contributed by atoms with E-state index in [-0.39, 0.29) is 5.69 Å². The Balaban J connectivity index is 1.47. The van der Waals surface area contributed by atoms with E-state index in [1.165, 1.54) is 0 Å². The van der Waals surface area contributed by atoms with Crippen molar-refractivity contribution in [1.29, 1.82) is 0 Å². The Morgan fingerprint density at radius 3 is 2.16 bits per heavy atom. The molecule has 0 saturated carbocycles. The summed E-state index contributed by atoms with van der Waals surface area (Å²) in [4.78, 5) is 24.8. The van der Waals surface area contributed by atoms with Gasteiger partial charge in [-0.25, -0.2) is 14.8 Å². The number of aliphatic imine (C=N–C) groups is 1. The molecule has 4 aromatic rings. The third-order valence-corrected chi connectivity index (χ3v) is 5.43. The van der Waals surface area contributed by atoms with Gasteiger partial charge in [-0.1, -0.05) is 24.3 Å². The Labute approximate surface area is 184 Å². The van der Waals surface area contributed by atoms with Crippen molar-refractivity contribution in [2.75, 3.05) is 19.5 Å². The number of anilines is 1. The van der Waals surface area contributed by atoms with E-state index in [4.69, 9.17) is 9.47 Å². The average molecular weight is 430 g/mol. The standard InChI is InChI=1S/C23H22N6O3/c1-31-17-7-3-15(4-8-17)11-28-14-26-19-20-22(25-13-24-21(19)28)29(23(30)27-20)12-16-5-9-18(32-2)10-6-16/h3-10,13-14H,11-12H2,1-2H3,(H,24,25)(H,27,30). The molecule has 0 atom stereocenters. The maximum atomic E-state index is 12.8. The summed E-state index contributed by atoms with van der Waals surface area (Å²) in [6.07, 6.45) is 3.33. The number of imidazole rings is 2. The van der Waals surface area contributed by atoms with E-state index in [9.17, 15) is 4.79 Å². The van der Waals surface area contributed by atoms with Crippen LogP contribution in [-0.2, 0) is 13.1 Å². The number of methoxy groups -OCH3 is 2. The summed E-state index contributed by atoms with van der Waals surface area (Å²) in [5, 5.41) is 3.14. The van der Waals surface area contributed by atoms with Gasteiger partial charge in [-0.05, 0) is 35.4 Å². The van der Waals surface area contributed by atoms with Crippen molar-refractivity contribution in [3.63, 3.8) is 0 Å². The van der Waals surface area contributed by atoms with Crippen LogP contribution < -0.4 is 20.5 Å². The third kappa shape index (κ3) is 3.53. The maximum absolute atomic E-state index is 12.8. The highest BCUT2D eigenvalue weighted by Crippen LogP contribution is 2.34. The molecule has 3 heterocycles. The van der Waals surface area contributed by atoms with Crippen molar-refractivity contribution in [2.24, 2.45) is 4.99 Å². The summed E-state index contributed by atoms with van der Waals surface area (Å²) in [5.74, 6) is 2.88. The minimum atomic E-state index is -0.218. The molecule has 2 N–H and O–H groups in total. The summed E-state index contributed by atoms with van der Waals surface area (Å²) in [7, 11) is 3.27. The van der Waals surface area contributed by atoms with Gasteiger partial charge in [0.05, 0.1) is 40.0 Å². The molecule has 162 valence electrons. The molecule has 32 heavy (non-hydrogen) atoms. The van der Waals surface area contributed by atoms with Crippen LogP contribution in [0.25, 0.3) is 11.4 Å². The number of hydrogen-bond donors (Lipinski definition) is 2. The highest BCUT2D eigenvalue weighted by atomic mass is 16.5. The second-order valence-corrected chi connectivity index (χ2v) is 7.38. The normalized spacial score (nSPS) is 11.9. The monoisotopic (exact) mass is 430 g/mol. The van der Waals surface area contributed by atoms with Gasteiger partial charge in [-0.2, -0.15) is 0 Å². The van der Waals surface area contributed by atoms with E-state index < -0.39 is 0 Å².